The number of carbonyl (C=O) groups is 1. The van der Waals surface area contributed by atoms with Crippen LogP contribution in [0.4, 0.5) is 10.2 Å². The summed E-state index contributed by atoms with van der Waals surface area (Å²) in [6.07, 6.45) is 1.21. The summed E-state index contributed by atoms with van der Waals surface area (Å²) in [6.45, 7) is 2.24. The molecule has 0 amide bonds. The third-order valence-corrected chi connectivity index (χ3v) is 2.73. The molecule has 0 fully saturated rings. The van der Waals surface area contributed by atoms with Crippen molar-refractivity contribution >= 4 is 11.8 Å². The molecule has 2 heterocycles. The highest BCUT2D eigenvalue weighted by atomic mass is 19.1. The third kappa shape index (κ3) is 2.26. The number of halogens is 1. The molecule has 0 aliphatic carbocycles. The second kappa shape index (κ2) is 5.05. The van der Waals surface area contributed by atoms with Crippen LogP contribution in [0.5, 0.6) is 0 Å². The van der Waals surface area contributed by atoms with Gasteiger partial charge in [0.1, 0.15) is 11.4 Å². The number of anilines is 1. The van der Waals surface area contributed by atoms with Crippen LogP contribution in [0.3, 0.4) is 0 Å². The second-order valence-electron chi connectivity index (χ2n) is 3.81. The van der Waals surface area contributed by atoms with E-state index in [0.29, 0.717) is 12.4 Å². The van der Waals surface area contributed by atoms with Gasteiger partial charge in [0.05, 0.1) is 17.5 Å². The Morgan fingerprint density at radius 1 is 1.53 bits per heavy atom. The Labute approximate surface area is 108 Å². The number of nitrogens with one attached hydrogen (secondary N) is 1. The van der Waals surface area contributed by atoms with E-state index in [-0.39, 0.29) is 16.8 Å². The number of rotatable bonds is 4. The lowest BCUT2D eigenvalue weighted by molar-refractivity contribution is 0.0697. The maximum atomic E-state index is 14.0. The first-order valence-electron chi connectivity index (χ1n) is 5.72. The fourth-order valence-corrected chi connectivity index (χ4v) is 1.82. The average Bonchev–Trinajstić information content (AvgIpc) is 2.82. The number of aromatic carboxylic acids is 1. The van der Waals surface area contributed by atoms with Crippen molar-refractivity contribution in [2.75, 3.05) is 12.4 Å². The van der Waals surface area contributed by atoms with Crippen LogP contribution in [-0.4, -0.2) is 32.9 Å². The zero-order valence-electron chi connectivity index (χ0n) is 10.5. The van der Waals surface area contributed by atoms with E-state index in [4.69, 9.17) is 5.11 Å². The van der Waals surface area contributed by atoms with Gasteiger partial charge in [-0.25, -0.2) is 9.78 Å². The van der Waals surface area contributed by atoms with Crippen molar-refractivity contribution in [3.63, 3.8) is 0 Å². The van der Waals surface area contributed by atoms with E-state index >= 15 is 0 Å². The third-order valence-electron chi connectivity index (χ3n) is 2.73. The monoisotopic (exact) mass is 264 g/mol. The lowest BCUT2D eigenvalue weighted by Gasteiger charge is -2.08. The topological polar surface area (TPSA) is 80.0 Å². The number of aromatic nitrogens is 3. The van der Waals surface area contributed by atoms with Gasteiger partial charge in [0.15, 0.2) is 0 Å². The van der Waals surface area contributed by atoms with Crippen molar-refractivity contribution in [3.05, 3.63) is 29.8 Å². The van der Waals surface area contributed by atoms with Gasteiger partial charge in [-0.05, 0) is 19.1 Å². The van der Waals surface area contributed by atoms with Crippen LogP contribution < -0.4 is 5.32 Å². The van der Waals surface area contributed by atoms with Gasteiger partial charge in [-0.3, -0.25) is 4.68 Å². The molecule has 0 radical (unpaired) electrons. The quantitative estimate of drug-likeness (QED) is 0.824. The van der Waals surface area contributed by atoms with Crippen LogP contribution in [0, 0.1) is 5.95 Å². The molecular formula is C12H13FN4O2. The smallest absolute Gasteiger partial charge is 0.339 e. The molecule has 0 atom stereocenters. The van der Waals surface area contributed by atoms with Gasteiger partial charge < -0.3 is 10.4 Å². The molecule has 2 aromatic rings. The fourth-order valence-electron chi connectivity index (χ4n) is 1.82. The Morgan fingerprint density at radius 3 is 2.79 bits per heavy atom. The number of hydrogen-bond acceptors (Lipinski definition) is 4. The number of carboxylic acid groups (broad SMARTS) is 1. The summed E-state index contributed by atoms with van der Waals surface area (Å²) in [5.41, 5.74) is 0.304. The molecule has 100 valence electrons. The zero-order chi connectivity index (χ0) is 14.0. The molecule has 0 saturated carbocycles. The molecule has 0 aliphatic heterocycles. The van der Waals surface area contributed by atoms with Gasteiger partial charge >= 0.3 is 5.97 Å². The largest absolute Gasteiger partial charge is 0.478 e. The first kappa shape index (κ1) is 13.0. The van der Waals surface area contributed by atoms with E-state index in [2.05, 4.69) is 15.4 Å². The normalized spacial score (nSPS) is 10.5. The standard InChI is InChI=1S/C12H13FN4O2/c1-3-17-10(8(6-15-17)12(18)19)7-4-5-9(14-2)16-11(7)13/h4-6H,3H2,1-2H3,(H,14,16)(H,18,19). The van der Waals surface area contributed by atoms with Crippen LogP contribution in [0.1, 0.15) is 17.3 Å². The second-order valence-corrected chi connectivity index (χ2v) is 3.81. The predicted octanol–water partition coefficient (Wildman–Crippen LogP) is 1.84. The number of pyridine rings is 1. The summed E-state index contributed by atoms with van der Waals surface area (Å²) < 4.78 is 15.4. The van der Waals surface area contributed by atoms with E-state index in [9.17, 15) is 9.18 Å². The van der Waals surface area contributed by atoms with Crippen molar-refractivity contribution in [3.8, 4) is 11.3 Å². The molecule has 0 bridgehead atoms. The fraction of sp³-hybridized carbons (Fsp3) is 0.250. The number of aryl methyl sites for hydroxylation is 1. The number of nitrogens with zero attached hydrogens (tertiary/aromatic N) is 3. The summed E-state index contributed by atoms with van der Waals surface area (Å²) >= 11 is 0. The molecule has 2 rings (SSSR count). The van der Waals surface area contributed by atoms with E-state index in [1.807, 2.05) is 0 Å². The summed E-state index contributed by atoms with van der Waals surface area (Å²) in [7, 11) is 1.63. The maximum Gasteiger partial charge on any atom is 0.339 e. The van der Waals surface area contributed by atoms with Crippen LogP contribution >= 0.6 is 0 Å². The van der Waals surface area contributed by atoms with Crippen molar-refractivity contribution in [2.24, 2.45) is 0 Å². The highest BCUT2D eigenvalue weighted by molar-refractivity contribution is 5.94. The van der Waals surface area contributed by atoms with E-state index in [1.165, 1.54) is 16.9 Å². The highest BCUT2D eigenvalue weighted by Crippen LogP contribution is 2.26. The minimum absolute atomic E-state index is 0.0419. The first-order chi connectivity index (χ1) is 9.08. The Balaban J connectivity index is 2.63. The molecule has 0 saturated heterocycles. The number of hydrogen-bond donors (Lipinski definition) is 2. The van der Waals surface area contributed by atoms with Gasteiger partial charge in [0.25, 0.3) is 0 Å². The van der Waals surface area contributed by atoms with Gasteiger partial charge in [-0.1, -0.05) is 0 Å². The summed E-state index contributed by atoms with van der Waals surface area (Å²) in [5, 5.41) is 15.8. The van der Waals surface area contributed by atoms with E-state index < -0.39 is 11.9 Å². The first-order valence-corrected chi connectivity index (χ1v) is 5.72. The van der Waals surface area contributed by atoms with Crippen molar-refractivity contribution in [1.82, 2.24) is 14.8 Å². The highest BCUT2D eigenvalue weighted by Gasteiger charge is 2.21. The molecule has 0 aliphatic rings. The molecule has 2 aromatic heterocycles. The van der Waals surface area contributed by atoms with Crippen LogP contribution in [0.25, 0.3) is 11.3 Å². The molecule has 2 N–H and O–H groups in total. The Hall–Kier alpha value is -2.44. The molecule has 19 heavy (non-hydrogen) atoms. The van der Waals surface area contributed by atoms with Crippen molar-refractivity contribution in [2.45, 2.75) is 13.5 Å². The molecule has 6 nitrogen and oxygen atoms in total. The van der Waals surface area contributed by atoms with Gasteiger partial charge in [0.2, 0.25) is 5.95 Å². The molecule has 0 aromatic carbocycles. The van der Waals surface area contributed by atoms with Gasteiger partial charge in [-0.15, -0.1) is 0 Å². The van der Waals surface area contributed by atoms with E-state index in [0.717, 1.165) is 0 Å². The predicted molar refractivity (Wildman–Crippen MR) is 67.6 cm³/mol. The Kier molecular flexibility index (Phi) is 3.46. The Bertz CT molecular complexity index is 624. The van der Waals surface area contributed by atoms with E-state index in [1.54, 1.807) is 20.0 Å². The van der Waals surface area contributed by atoms with Crippen molar-refractivity contribution < 1.29 is 14.3 Å². The molecular weight excluding hydrogens is 251 g/mol. The lowest BCUT2D eigenvalue weighted by Crippen LogP contribution is -2.06. The maximum absolute atomic E-state index is 14.0. The van der Waals surface area contributed by atoms with Crippen LogP contribution in [0.15, 0.2) is 18.3 Å². The SMILES string of the molecule is CCn1ncc(C(=O)O)c1-c1ccc(NC)nc1F. The number of carboxylic acids is 1. The van der Waals surface area contributed by atoms with Gasteiger partial charge in [0, 0.05) is 13.6 Å². The van der Waals surface area contributed by atoms with Crippen molar-refractivity contribution in [1.29, 1.82) is 0 Å². The summed E-state index contributed by atoms with van der Waals surface area (Å²) in [6, 6.07) is 3.07. The summed E-state index contributed by atoms with van der Waals surface area (Å²) in [4.78, 5) is 14.9. The minimum atomic E-state index is -1.15. The average molecular weight is 264 g/mol. The zero-order valence-corrected chi connectivity index (χ0v) is 10.5. The molecule has 7 heteroatoms. The molecule has 0 unspecified atom stereocenters. The lowest BCUT2D eigenvalue weighted by atomic mass is 10.1. The summed E-state index contributed by atoms with van der Waals surface area (Å²) in [5.74, 6) is -1.50. The molecule has 0 spiro atoms. The van der Waals surface area contributed by atoms with Gasteiger partial charge in [-0.2, -0.15) is 9.49 Å². The minimum Gasteiger partial charge on any atom is -0.478 e. The van der Waals surface area contributed by atoms with Crippen LogP contribution in [-0.2, 0) is 6.54 Å². The Morgan fingerprint density at radius 2 is 2.26 bits per heavy atom. The van der Waals surface area contributed by atoms with Crippen LogP contribution in [0.2, 0.25) is 0 Å².